The summed E-state index contributed by atoms with van der Waals surface area (Å²) >= 11 is 6.30. The third-order valence-electron chi connectivity index (χ3n) is 5.03. The number of rotatable bonds is 4. The van der Waals surface area contributed by atoms with Crippen LogP contribution >= 0.6 is 11.6 Å². The Morgan fingerprint density at radius 3 is 2.47 bits per heavy atom. The minimum atomic E-state index is -0.505. The van der Waals surface area contributed by atoms with Crippen LogP contribution in [0.2, 0.25) is 5.02 Å². The number of fused-ring (bicyclic) bond motifs is 1. The average molecular weight is 422 g/mol. The summed E-state index contributed by atoms with van der Waals surface area (Å²) in [5.74, 6) is 0.504. The van der Waals surface area contributed by atoms with E-state index in [0.717, 1.165) is 5.56 Å². The van der Waals surface area contributed by atoms with E-state index >= 15 is 0 Å². The molecule has 4 aromatic rings. The standard InChI is InChI=1S/C23H20ClN3O3/c1-14-12-15(2)25-21-20(14)22(28)26(13-16-8-4-5-9-17(16)24)23(29)27(21)18-10-6-7-11-19(18)30-3/h4-12H,13H2,1-3H3. The average Bonchev–Trinajstić information content (AvgIpc) is 2.72. The molecule has 7 heteroatoms. The number of nitrogens with zero attached hydrogens (tertiary/aromatic N) is 3. The molecular formula is C23H20ClN3O3. The molecule has 0 N–H and O–H groups in total. The summed E-state index contributed by atoms with van der Waals surface area (Å²) in [4.78, 5) is 31.5. The van der Waals surface area contributed by atoms with Gasteiger partial charge in [0.15, 0.2) is 5.65 Å². The van der Waals surface area contributed by atoms with Crippen LogP contribution in [0.4, 0.5) is 0 Å². The maximum Gasteiger partial charge on any atom is 0.337 e. The van der Waals surface area contributed by atoms with E-state index in [2.05, 4.69) is 4.98 Å². The lowest BCUT2D eigenvalue weighted by molar-refractivity contribution is 0.412. The van der Waals surface area contributed by atoms with Gasteiger partial charge in [-0.15, -0.1) is 0 Å². The van der Waals surface area contributed by atoms with Gasteiger partial charge >= 0.3 is 5.69 Å². The number of benzene rings is 2. The monoisotopic (exact) mass is 421 g/mol. The summed E-state index contributed by atoms with van der Waals surface area (Å²) in [7, 11) is 1.54. The highest BCUT2D eigenvalue weighted by atomic mass is 35.5. The number of halogens is 1. The Bertz CT molecular complexity index is 1390. The molecule has 0 bridgehead atoms. The highest BCUT2D eigenvalue weighted by Gasteiger charge is 2.20. The topological polar surface area (TPSA) is 66.1 Å². The Morgan fingerprint density at radius 2 is 1.73 bits per heavy atom. The predicted octanol–water partition coefficient (Wildman–Crippen LogP) is 3.87. The Labute approximate surface area is 178 Å². The molecule has 0 unspecified atom stereocenters. The van der Waals surface area contributed by atoms with Gasteiger partial charge in [-0.3, -0.25) is 9.36 Å². The summed E-state index contributed by atoms with van der Waals surface area (Å²) in [6.45, 7) is 3.73. The van der Waals surface area contributed by atoms with Crippen LogP contribution < -0.4 is 16.0 Å². The quantitative estimate of drug-likeness (QED) is 0.501. The van der Waals surface area contributed by atoms with Gasteiger partial charge in [0, 0.05) is 10.7 Å². The molecule has 152 valence electrons. The molecule has 0 saturated carbocycles. The first-order chi connectivity index (χ1) is 14.4. The number of ether oxygens (including phenoxy) is 1. The molecule has 0 spiro atoms. The first-order valence-electron chi connectivity index (χ1n) is 9.43. The van der Waals surface area contributed by atoms with E-state index < -0.39 is 11.2 Å². The minimum absolute atomic E-state index is 0.0513. The van der Waals surface area contributed by atoms with E-state index in [1.54, 1.807) is 30.3 Å². The lowest BCUT2D eigenvalue weighted by atomic mass is 10.1. The number of hydrogen-bond acceptors (Lipinski definition) is 4. The van der Waals surface area contributed by atoms with E-state index in [1.165, 1.54) is 16.2 Å². The summed E-state index contributed by atoms with van der Waals surface area (Å²) < 4.78 is 8.11. The van der Waals surface area contributed by atoms with Crippen molar-refractivity contribution in [1.29, 1.82) is 0 Å². The first kappa shape index (κ1) is 19.9. The van der Waals surface area contributed by atoms with E-state index in [9.17, 15) is 9.59 Å². The number of hydrogen-bond donors (Lipinski definition) is 0. The summed E-state index contributed by atoms with van der Waals surface area (Å²) in [5.41, 5.74) is 2.07. The number of pyridine rings is 1. The Balaban J connectivity index is 2.14. The van der Waals surface area contributed by atoms with Gasteiger partial charge in [-0.2, -0.15) is 0 Å². The number of methoxy groups -OCH3 is 1. The summed E-state index contributed by atoms with van der Waals surface area (Å²) in [5, 5.41) is 0.879. The zero-order chi connectivity index (χ0) is 21.4. The molecule has 4 rings (SSSR count). The number of aromatic nitrogens is 3. The fourth-order valence-corrected chi connectivity index (χ4v) is 3.84. The second-order valence-electron chi connectivity index (χ2n) is 7.05. The van der Waals surface area contributed by atoms with Crippen LogP contribution in [0, 0.1) is 13.8 Å². The van der Waals surface area contributed by atoms with Gasteiger partial charge < -0.3 is 4.74 Å². The van der Waals surface area contributed by atoms with Gasteiger partial charge in [0.25, 0.3) is 5.56 Å². The van der Waals surface area contributed by atoms with E-state index in [4.69, 9.17) is 16.3 Å². The summed E-state index contributed by atoms with van der Waals surface area (Å²) in [6, 6.07) is 16.1. The van der Waals surface area contributed by atoms with Crippen LogP contribution in [-0.2, 0) is 6.54 Å². The van der Waals surface area contributed by atoms with Crippen molar-refractivity contribution in [1.82, 2.24) is 14.1 Å². The van der Waals surface area contributed by atoms with Crippen LogP contribution in [0.15, 0.2) is 64.2 Å². The molecule has 0 fully saturated rings. The van der Waals surface area contributed by atoms with Crippen molar-refractivity contribution in [3.8, 4) is 11.4 Å². The second-order valence-corrected chi connectivity index (χ2v) is 7.46. The molecule has 0 aliphatic rings. The van der Waals surface area contributed by atoms with Gasteiger partial charge in [0.2, 0.25) is 0 Å². The first-order valence-corrected chi connectivity index (χ1v) is 9.80. The van der Waals surface area contributed by atoms with Crippen molar-refractivity contribution in [2.24, 2.45) is 0 Å². The van der Waals surface area contributed by atoms with Crippen molar-refractivity contribution < 1.29 is 4.74 Å². The van der Waals surface area contributed by atoms with Crippen LogP contribution in [0.1, 0.15) is 16.8 Å². The smallest absolute Gasteiger partial charge is 0.337 e. The molecule has 0 aliphatic carbocycles. The molecule has 2 aromatic heterocycles. The number of para-hydroxylation sites is 2. The predicted molar refractivity (Wildman–Crippen MR) is 118 cm³/mol. The fraction of sp³-hybridized carbons (Fsp3) is 0.174. The molecule has 0 aliphatic heterocycles. The molecule has 2 heterocycles. The third kappa shape index (κ3) is 3.29. The van der Waals surface area contributed by atoms with Gasteiger partial charge in [0.1, 0.15) is 5.75 Å². The van der Waals surface area contributed by atoms with Gasteiger partial charge in [0.05, 0.1) is 24.7 Å². The fourth-order valence-electron chi connectivity index (χ4n) is 3.64. The van der Waals surface area contributed by atoms with Crippen molar-refractivity contribution in [3.63, 3.8) is 0 Å². The van der Waals surface area contributed by atoms with Crippen LogP contribution in [0.25, 0.3) is 16.7 Å². The molecule has 2 aromatic carbocycles. The molecule has 6 nitrogen and oxygen atoms in total. The maximum atomic E-state index is 13.6. The highest BCUT2D eigenvalue weighted by molar-refractivity contribution is 6.31. The summed E-state index contributed by atoms with van der Waals surface area (Å²) in [6.07, 6.45) is 0. The molecule has 0 radical (unpaired) electrons. The van der Waals surface area contributed by atoms with E-state index in [1.807, 2.05) is 38.1 Å². The minimum Gasteiger partial charge on any atom is -0.495 e. The van der Waals surface area contributed by atoms with Crippen molar-refractivity contribution in [2.75, 3.05) is 7.11 Å². The number of aryl methyl sites for hydroxylation is 2. The normalized spacial score (nSPS) is 11.1. The Kier molecular flexibility index (Phi) is 5.18. The van der Waals surface area contributed by atoms with Gasteiger partial charge in [-0.05, 0) is 49.2 Å². The van der Waals surface area contributed by atoms with E-state index in [-0.39, 0.29) is 6.54 Å². The van der Waals surface area contributed by atoms with Crippen LogP contribution in [0.3, 0.4) is 0 Å². The van der Waals surface area contributed by atoms with E-state index in [0.29, 0.717) is 38.8 Å². The highest BCUT2D eigenvalue weighted by Crippen LogP contribution is 2.24. The van der Waals surface area contributed by atoms with Crippen molar-refractivity contribution in [3.05, 3.63) is 97.3 Å². The maximum absolute atomic E-state index is 13.6. The van der Waals surface area contributed by atoms with Gasteiger partial charge in [-0.25, -0.2) is 14.3 Å². The SMILES string of the molecule is COc1ccccc1-n1c(=O)n(Cc2ccccc2Cl)c(=O)c2c(C)cc(C)nc21. The van der Waals surface area contributed by atoms with Crippen molar-refractivity contribution in [2.45, 2.75) is 20.4 Å². The van der Waals surface area contributed by atoms with Crippen LogP contribution in [-0.4, -0.2) is 21.2 Å². The molecule has 0 atom stereocenters. The van der Waals surface area contributed by atoms with Gasteiger partial charge in [-0.1, -0.05) is 41.9 Å². The third-order valence-corrected chi connectivity index (χ3v) is 5.40. The zero-order valence-corrected chi connectivity index (χ0v) is 17.6. The van der Waals surface area contributed by atoms with Crippen molar-refractivity contribution >= 4 is 22.6 Å². The zero-order valence-electron chi connectivity index (χ0n) is 16.8. The Hall–Kier alpha value is -3.38. The van der Waals surface area contributed by atoms with Crippen LogP contribution in [0.5, 0.6) is 5.75 Å². The molecule has 30 heavy (non-hydrogen) atoms. The molecule has 0 saturated heterocycles. The second kappa shape index (κ2) is 7.80. The Morgan fingerprint density at radius 1 is 1.03 bits per heavy atom. The molecular weight excluding hydrogens is 402 g/mol. The molecule has 0 amide bonds. The lowest BCUT2D eigenvalue weighted by Crippen LogP contribution is -2.40. The largest absolute Gasteiger partial charge is 0.495 e. The lowest BCUT2D eigenvalue weighted by Gasteiger charge is -2.17.